The maximum Gasteiger partial charge on any atom is 0.120 e. The highest BCUT2D eigenvalue weighted by molar-refractivity contribution is 9.09. The summed E-state index contributed by atoms with van der Waals surface area (Å²) in [7, 11) is 0. The average Bonchev–Trinajstić information content (AvgIpc) is 2.89. The number of nitrogens with zero attached hydrogens (tertiary/aromatic N) is 1. The number of aryl methyl sites for hydroxylation is 1. The number of alkyl halides is 1. The highest BCUT2D eigenvalue weighted by Crippen LogP contribution is 2.23. The first kappa shape index (κ1) is 13.3. The van der Waals surface area contributed by atoms with E-state index < -0.39 is 0 Å². The first-order valence-corrected chi connectivity index (χ1v) is 7.80. The van der Waals surface area contributed by atoms with E-state index in [9.17, 15) is 0 Å². The first-order chi connectivity index (χ1) is 9.86. The van der Waals surface area contributed by atoms with E-state index in [1.54, 1.807) is 0 Å². The van der Waals surface area contributed by atoms with Crippen molar-refractivity contribution in [1.29, 1.82) is 0 Å². The van der Waals surface area contributed by atoms with E-state index >= 15 is 0 Å². The van der Waals surface area contributed by atoms with Gasteiger partial charge in [-0.1, -0.05) is 46.3 Å². The Labute approximate surface area is 127 Å². The zero-order valence-electron chi connectivity index (χ0n) is 11.1. The number of halogens is 1. The maximum absolute atomic E-state index is 5.85. The zero-order chi connectivity index (χ0) is 13.8. The number of hydrogen-bond acceptors (Lipinski definition) is 1. The van der Waals surface area contributed by atoms with Crippen LogP contribution < -0.4 is 4.74 Å². The molecule has 0 spiro atoms. The summed E-state index contributed by atoms with van der Waals surface area (Å²) < 4.78 is 8.09. The molecule has 0 saturated heterocycles. The van der Waals surface area contributed by atoms with Crippen LogP contribution in [-0.2, 0) is 13.2 Å². The van der Waals surface area contributed by atoms with Crippen molar-refractivity contribution >= 4 is 26.8 Å². The van der Waals surface area contributed by atoms with Crippen LogP contribution in [0.4, 0.5) is 0 Å². The van der Waals surface area contributed by atoms with Gasteiger partial charge in [0.2, 0.25) is 0 Å². The van der Waals surface area contributed by atoms with E-state index in [0.717, 1.165) is 17.6 Å². The Bertz CT molecular complexity index is 691. The van der Waals surface area contributed by atoms with Crippen molar-refractivity contribution in [2.45, 2.75) is 13.2 Å². The number of benzene rings is 2. The van der Waals surface area contributed by atoms with Crippen molar-refractivity contribution in [2.24, 2.45) is 0 Å². The van der Waals surface area contributed by atoms with Crippen molar-refractivity contribution in [1.82, 2.24) is 4.57 Å². The molecular formula is C17H16BrNO. The van der Waals surface area contributed by atoms with Gasteiger partial charge in [-0.05, 0) is 29.8 Å². The summed E-state index contributed by atoms with van der Waals surface area (Å²) in [5.74, 6) is 0.915. The van der Waals surface area contributed by atoms with Crippen LogP contribution in [0.3, 0.4) is 0 Å². The molecule has 0 radical (unpaired) electrons. The molecule has 0 fully saturated rings. The number of rotatable bonds is 5. The molecule has 0 aliphatic rings. The SMILES string of the molecule is BrCCn1ccc2cc(OCc3ccccc3)ccc21. The summed E-state index contributed by atoms with van der Waals surface area (Å²) in [6.07, 6.45) is 2.12. The molecule has 2 nitrogen and oxygen atoms in total. The van der Waals surface area contributed by atoms with Gasteiger partial charge in [0.05, 0.1) is 0 Å². The van der Waals surface area contributed by atoms with Crippen LogP contribution in [0, 0.1) is 0 Å². The lowest BCUT2D eigenvalue weighted by Gasteiger charge is -2.07. The van der Waals surface area contributed by atoms with Gasteiger partial charge in [0.1, 0.15) is 12.4 Å². The lowest BCUT2D eigenvalue weighted by atomic mass is 10.2. The van der Waals surface area contributed by atoms with Gasteiger partial charge in [0.15, 0.2) is 0 Å². The maximum atomic E-state index is 5.85. The molecule has 0 unspecified atom stereocenters. The van der Waals surface area contributed by atoms with Crippen LogP contribution in [0.2, 0.25) is 0 Å². The number of ether oxygens (including phenoxy) is 1. The largest absolute Gasteiger partial charge is 0.489 e. The fourth-order valence-electron chi connectivity index (χ4n) is 2.29. The normalized spacial score (nSPS) is 10.8. The summed E-state index contributed by atoms with van der Waals surface area (Å²) in [4.78, 5) is 0. The van der Waals surface area contributed by atoms with E-state index in [1.165, 1.54) is 16.5 Å². The van der Waals surface area contributed by atoms with E-state index in [2.05, 4.69) is 57.0 Å². The van der Waals surface area contributed by atoms with Crippen LogP contribution >= 0.6 is 15.9 Å². The highest BCUT2D eigenvalue weighted by Gasteiger charge is 2.02. The Balaban J connectivity index is 1.76. The molecule has 0 atom stereocenters. The Morgan fingerprint density at radius 3 is 2.65 bits per heavy atom. The zero-order valence-corrected chi connectivity index (χ0v) is 12.7. The van der Waals surface area contributed by atoms with E-state index in [1.807, 2.05) is 24.3 Å². The monoisotopic (exact) mass is 329 g/mol. The third-order valence-corrected chi connectivity index (χ3v) is 3.67. The Morgan fingerprint density at radius 2 is 1.85 bits per heavy atom. The quantitative estimate of drug-likeness (QED) is 0.623. The third-order valence-electron chi connectivity index (χ3n) is 3.32. The minimum Gasteiger partial charge on any atom is -0.489 e. The van der Waals surface area contributed by atoms with E-state index in [0.29, 0.717) is 6.61 Å². The van der Waals surface area contributed by atoms with Crippen molar-refractivity contribution in [3.8, 4) is 5.75 Å². The second-order valence-corrected chi connectivity index (χ2v) is 5.49. The first-order valence-electron chi connectivity index (χ1n) is 6.68. The summed E-state index contributed by atoms with van der Waals surface area (Å²) >= 11 is 3.48. The van der Waals surface area contributed by atoms with Crippen LogP contribution in [0.15, 0.2) is 60.8 Å². The molecule has 0 N–H and O–H groups in total. The lowest BCUT2D eigenvalue weighted by molar-refractivity contribution is 0.306. The van der Waals surface area contributed by atoms with Gasteiger partial charge in [-0.2, -0.15) is 0 Å². The molecule has 1 aromatic heterocycles. The van der Waals surface area contributed by atoms with Crippen LogP contribution in [0.5, 0.6) is 5.75 Å². The van der Waals surface area contributed by atoms with Gasteiger partial charge in [0.25, 0.3) is 0 Å². The molecule has 0 bridgehead atoms. The fourth-order valence-corrected chi connectivity index (χ4v) is 2.68. The molecule has 3 aromatic rings. The smallest absolute Gasteiger partial charge is 0.120 e. The summed E-state index contributed by atoms with van der Waals surface area (Å²) in [5.41, 5.74) is 2.43. The molecule has 3 heteroatoms. The van der Waals surface area contributed by atoms with Crippen molar-refractivity contribution in [3.05, 3.63) is 66.4 Å². The van der Waals surface area contributed by atoms with Gasteiger partial charge in [0, 0.05) is 29.0 Å². The Morgan fingerprint density at radius 1 is 1.00 bits per heavy atom. The minimum atomic E-state index is 0.606. The molecule has 2 aromatic carbocycles. The second-order valence-electron chi connectivity index (χ2n) is 4.69. The van der Waals surface area contributed by atoms with Gasteiger partial charge >= 0.3 is 0 Å². The predicted molar refractivity (Wildman–Crippen MR) is 86.5 cm³/mol. The van der Waals surface area contributed by atoms with Crippen molar-refractivity contribution in [2.75, 3.05) is 5.33 Å². The topological polar surface area (TPSA) is 14.2 Å². The molecule has 3 rings (SSSR count). The minimum absolute atomic E-state index is 0.606. The highest BCUT2D eigenvalue weighted by atomic mass is 79.9. The predicted octanol–water partition coefficient (Wildman–Crippen LogP) is 4.62. The summed E-state index contributed by atoms with van der Waals surface area (Å²) in [5, 5.41) is 2.18. The molecule has 0 aliphatic carbocycles. The average molecular weight is 330 g/mol. The van der Waals surface area contributed by atoms with Crippen LogP contribution in [0.1, 0.15) is 5.56 Å². The van der Waals surface area contributed by atoms with Crippen molar-refractivity contribution in [3.63, 3.8) is 0 Å². The molecule has 0 amide bonds. The number of aromatic nitrogens is 1. The molecular weight excluding hydrogens is 314 g/mol. The Hall–Kier alpha value is -1.74. The molecule has 1 heterocycles. The summed E-state index contributed by atoms with van der Waals surface area (Å²) in [6, 6.07) is 18.6. The molecule has 20 heavy (non-hydrogen) atoms. The molecule has 0 aliphatic heterocycles. The summed E-state index contributed by atoms with van der Waals surface area (Å²) in [6.45, 7) is 1.59. The Kier molecular flexibility index (Phi) is 4.07. The van der Waals surface area contributed by atoms with Gasteiger partial charge < -0.3 is 9.30 Å². The van der Waals surface area contributed by atoms with Gasteiger partial charge in [-0.15, -0.1) is 0 Å². The van der Waals surface area contributed by atoms with Crippen molar-refractivity contribution < 1.29 is 4.74 Å². The van der Waals surface area contributed by atoms with Gasteiger partial charge in [-0.25, -0.2) is 0 Å². The number of fused-ring (bicyclic) bond motifs is 1. The standard InChI is InChI=1S/C17H16BrNO/c18-9-11-19-10-8-15-12-16(6-7-17(15)19)20-13-14-4-2-1-3-5-14/h1-8,10,12H,9,11,13H2. The third kappa shape index (κ3) is 2.88. The van der Waals surface area contributed by atoms with Crippen LogP contribution in [-0.4, -0.2) is 9.90 Å². The number of hydrogen-bond donors (Lipinski definition) is 0. The van der Waals surface area contributed by atoms with E-state index in [-0.39, 0.29) is 0 Å². The van der Waals surface area contributed by atoms with Crippen LogP contribution in [0.25, 0.3) is 10.9 Å². The molecule has 102 valence electrons. The lowest BCUT2D eigenvalue weighted by Crippen LogP contribution is -1.97. The van der Waals surface area contributed by atoms with E-state index in [4.69, 9.17) is 4.74 Å². The fraction of sp³-hybridized carbons (Fsp3) is 0.176. The second kappa shape index (κ2) is 6.14. The van der Waals surface area contributed by atoms with Gasteiger partial charge in [-0.3, -0.25) is 0 Å². The molecule has 0 saturated carbocycles.